The summed E-state index contributed by atoms with van der Waals surface area (Å²) in [6.07, 6.45) is 0.403. The number of aromatic nitrogens is 1. The molecule has 1 aromatic heterocycles. The van der Waals surface area contributed by atoms with E-state index in [0.717, 1.165) is 0 Å². The van der Waals surface area contributed by atoms with E-state index in [2.05, 4.69) is 4.98 Å². The minimum Gasteiger partial charge on any atom is -0.494 e. The van der Waals surface area contributed by atoms with Crippen molar-refractivity contribution in [3.8, 4) is 5.75 Å². The van der Waals surface area contributed by atoms with Crippen LogP contribution < -0.4 is 4.74 Å². The molecule has 0 bridgehead atoms. The predicted octanol–water partition coefficient (Wildman–Crippen LogP) is 3.20. The predicted molar refractivity (Wildman–Crippen MR) is 70.2 cm³/mol. The fourth-order valence-electron chi connectivity index (χ4n) is 2.48. The first-order valence-electron chi connectivity index (χ1n) is 6.08. The lowest BCUT2D eigenvalue weighted by Crippen LogP contribution is -2.11. The molecule has 0 radical (unpaired) electrons. The van der Waals surface area contributed by atoms with Crippen molar-refractivity contribution in [2.24, 2.45) is 0 Å². The Bertz CT molecular complexity index is 633. The summed E-state index contributed by atoms with van der Waals surface area (Å²) in [7, 11) is 1.39. The van der Waals surface area contributed by atoms with Gasteiger partial charge in [0, 0.05) is 16.6 Å². The van der Waals surface area contributed by atoms with Crippen molar-refractivity contribution in [3.63, 3.8) is 0 Å². The van der Waals surface area contributed by atoms with Gasteiger partial charge >= 0.3 is 5.97 Å². The zero-order valence-electron chi connectivity index (χ0n) is 11.1. The second-order valence-corrected chi connectivity index (χ2v) is 4.47. The zero-order valence-corrected chi connectivity index (χ0v) is 11.1. The maximum Gasteiger partial charge on any atom is 0.311 e. The fourth-order valence-corrected chi connectivity index (χ4v) is 2.48. The number of benzene rings is 1. The first kappa shape index (κ1) is 13.4. The minimum absolute atomic E-state index is 0.119. The number of nitrogens with one attached hydrogen (secondary N) is 1. The largest absolute Gasteiger partial charge is 0.494 e. The highest BCUT2D eigenvalue weighted by Gasteiger charge is 2.26. The molecule has 2 rings (SSSR count). The smallest absolute Gasteiger partial charge is 0.311 e. The molecule has 1 heterocycles. The lowest BCUT2D eigenvalue weighted by Gasteiger charge is -2.11. The van der Waals surface area contributed by atoms with Gasteiger partial charge in [0.2, 0.25) is 0 Å². The average Bonchev–Trinajstić information content (AvgIpc) is 2.68. The first-order chi connectivity index (χ1) is 9.01. The summed E-state index contributed by atoms with van der Waals surface area (Å²) in [5.74, 6) is -2.07. The van der Waals surface area contributed by atoms with Crippen molar-refractivity contribution in [1.29, 1.82) is 0 Å². The number of fused-ring (bicyclic) bond motifs is 1. The Morgan fingerprint density at radius 3 is 2.74 bits per heavy atom. The molecule has 1 aromatic carbocycles. The number of carbonyl (C=O) groups is 1. The van der Waals surface area contributed by atoms with Gasteiger partial charge in [0.1, 0.15) is 0 Å². The number of methoxy groups -OCH3 is 1. The SMILES string of the molecule is CCC(C(=O)O)c1c(C)[nH]c2ccc(OC)c(F)c12. The molecule has 5 heteroatoms. The van der Waals surface area contributed by atoms with Crippen LogP contribution in [0.4, 0.5) is 4.39 Å². The van der Waals surface area contributed by atoms with Crippen molar-refractivity contribution in [2.45, 2.75) is 26.2 Å². The molecule has 1 atom stereocenters. The molecular weight excluding hydrogens is 249 g/mol. The van der Waals surface area contributed by atoms with Crippen LogP contribution in [0.15, 0.2) is 12.1 Å². The lowest BCUT2D eigenvalue weighted by atomic mass is 9.93. The number of halogens is 1. The number of rotatable bonds is 4. The molecule has 0 amide bonds. The van der Waals surface area contributed by atoms with Crippen molar-refractivity contribution in [1.82, 2.24) is 4.98 Å². The van der Waals surface area contributed by atoms with Crippen molar-refractivity contribution in [2.75, 3.05) is 7.11 Å². The van der Waals surface area contributed by atoms with Crippen molar-refractivity contribution >= 4 is 16.9 Å². The standard InChI is InChI=1S/C14H16FNO3/c1-4-8(14(17)18)11-7(2)16-9-5-6-10(19-3)13(15)12(9)11/h5-6,8,16H,4H2,1-3H3,(H,17,18). The van der Waals surface area contributed by atoms with E-state index in [0.29, 0.717) is 28.6 Å². The molecule has 0 saturated heterocycles. The Balaban J connectivity index is 2.79. The third-order valence-corrected chi connectivity index (χ3v) is 3.38. The average molecular weight is 265 g/mol. The molecule has 0 aliphatic carbocycles. The molecule has 4 nitrogen and oxygen atoms in total. The van der Waals surface area contributed by atoms with E-state index in [4.69, 9.17) is 4.74 Å². The number of carboxylic acid groups (broad SMARTS) is 1. The van der Waals surface area contributed by atoms with E-state index in [1.807, 2.05) is 0 Å². The van der Waals surface area contributed by atoms with E-state index >= 15 is 0 Å². The van der Waals surface area contributed by atoms with Crippen LogP contribution in [0.2, 0.25) is 0 Å². The summed E-state index contributed by atoms with van der Waals surface area (Å²) < 4.78 is 19.3. The van der Waals surface area contributed by atoms with E-state index in [9.17, 15) is 14.3 Å². The van der Waals surface area contributed by atoms with Crippen LogP contribution in [0.1, 0.15) is 30.5 Å². The molecule has 0 saturated carbocycles. The van der Waals surface area contributed by atoms with Crippen LogP contribution >= 0.6 is 0 Å². The molecule has 19 heavy (non-hydrogen) atoms. The monoisotopic (exact) mass is 265 g/mol. The molecule has 102 valence electrons. The molecule has 0 aliphatic rings. The topological polar surface area (TPSA) is 62.3 Å². The number of aromatic amines is 1. The molecule has 1 unspecified atom stereocenters. The van der Waals surface area contributed by atoms with E-state index in [1.54, 1.807) is 19.9 Å². The maximum atomic E-state index is 14.4. The summed E-state index contributed by atoms with van der Waals surface area (Å²) in [6, 6.07) is 3.22. The number of carboxylic acids is 1. The second kappa shape index (κ2) is 4.91. The molecule has 0 aliphatic heterocycles. The summed E-state index contributed by atoms with van der Waals surface area (Å²) in [6.45, 7) is 3.53. The van der Waals surface area contributed by atoms with Gasteiger partial charge in [-0.25, -0.2) is 4.39 Å². The Morgan fingerprint density at radius 2 is 2.21 bits per heavy atom. The third-order valence-electron chi connectivity index (χ3n) is 3.38. The summed E-state index contributed by atoms with van der Waals surface area (Å²) in [5, 5.41) is 9.59. The highest BCUT2D eigenvalue weighted by molar-refractivity contribution is 5.92. The summed E-state index contributed by atoms with van der Waals surface area (Å²) >= 11 is 0. The lowest BCUT2D eigenvalue weighted by molar-refractivity contribution is -0.138. The van der Waals surface area contributed by atoms with E-state index in [1.165, 1.54) is 13.2 Å². The van der Waals surface area contributed by atoms with Crippen LogP contribution in [0.5, 0.6) is 5.75 Å². The van der Waals surface area contributed by atoms with Crippen LogP contribution in [-0.4, -0.2) is 23.2 Å². The number of aryl methyl sites for hydroxylation is 1. The maximum absolute atomic E-state index is 14.4. The molecule has 0 spiro atoms. The third kappa shape index (κ3) is 2.05. The normalized spacial score (nSPS) is 12.6. The fraction of sp³-hybridized carbons (Fsp3) is 0.357. The quantitative estimate of drug-likeness (QED) is 0.892. The van der Waals surface area contributed by atoms with Gasteiger partial charge in [-0.2, -0.15) is 0 Å². The number of hydrogen-bond donors (Lipinski definition) is 2. The Morgan fingerprint density at radius 1 is 1.53 bits per heavy atom. The zero-order chi connectivity index (χ0) is 14.2. The molecular formula is C14H16FNO3. The van der Waals surface area contributed by atoms with Crippen LogP contribution in [0, 0.1) is 12.7 Å². The van der Waals surface area contributed by atoms with Crippen LogP contribution in [-0.2, 0) is 4.79 Å². The minimum atomic E-state index is -0.950. The van der Waals surface area contributed by atoms with Crippen LogP contribution in [0.3, 0.4) is 0 Å². The van der Waals surface area contributed by atoms with Gasteiger partial charge in [-0.3, -0.25) is 4.79 Å². The van der Waals surface area contributed by atoms with Gasteiger partial charge in [-0.05, 0) is 31.0 Å². The Labute approximate surface area is 110 Å². The van der Waals surface area contributed by atoms with Gasteiger partial charge in [0.15, 0.2) is 11.6 Å². The molecule has 2 N–H and O–H groups in total. The Hall–Kier alpha value is -2.04. The number of hydrogen-bond acceptors (Lipinski definition) is 2. The Kier molecular flexibility index (Phi) is 3.46. The summed E-state index contributed by atoms with van der Waals surface area (Å²) in [4.78, 5) is 14.4. The second-order valence-electron chi connectivity index (χ2n) is 4.47. The highest BCUT2D eigenvalue weighted by Crippen LogP contribution is 2.36. The number of H-pyrrole nitrogens is 1. The van der Waals surface area contributed by atoms with Crippen molar-refractivity contribution < 1.29 is 19.0 Å². The summed E-state index contributed by atoms with van der Waals surface area (Å²) in [5.41, 5.74) is 1.77. The van der Waals surface area contributed by atoms with Gasteiger partial charge in [0.05, 0.1) is 13.0 Å². The van der Waals surface area contributed by atoms with Gasteiger partial charge in [-0.1, -0.05) is 6.92 Å². The first-order valence-corrected chi connectivity index (χ1v) is 6.08. The van der Waals surface area contributed by atoms with Gasteiger partial charge < -0.3 is 14.8 Å². The number of ether oxygens (including phenoxy) is 1. The van der Waals surface area contributed by atoms with Crippen LogP contribution in [0.25, 0.3) is 10.9 Å². The van der Waals surface area contributed by atoms with E-state index < -0.39 is 17.7 Å². The molecule has 0 fully saturated rings. The highest BCUT2D eigenvalue weighted by atomic mass is 19.1. The van der Waals surface area contributed by atoms with E-state index in [-0.39, 0.29) is 5.75 Å². The van der Waals surface area contributed by atoms with Crippen molar-refractivity contribution in [3.05, 3.63) is 29.2 Å². The molecule has 2 aromatic rings. The van der Waals surface area contributed by atoms with Gasteiger partial charge in [-0.15, -0.1) is 0 Å². The van der Waals surface area contributed by atoms with Gasteiger partial charge in [0.25, 0.3) is 0 Å². The number of aliphatic carboxylic acids is 1.